The lowest BCUT2D eigenvalue weighted by Gasteiger charge is -1.98. The first kappa shape index (κ1) is 9.02. The maximum absolute atomic E-state index is 5.46. The van der Waals surface area contributed by atoms with E-state index < -0.39 is 0 Å². The molecule has 1 aromatic heterocycles. The van der Waals surface area contributed by atoms with Gasteiger partial charge in [0.15, 0.2) is 0 Å². The fraction of sp³-hybridized carbons (Fsp3) is 0.300. The molecule has 14 heavy (non-hydrogen) atoms. The minimum absolute atomic E-state index is 0.594. The minimum atomic E-state index is 0.594. The molecule has 0 fully saturated rings. The quantitative estimate of drug-likeness (QED) is 0.787. The Morgan fingerprint density at radius 1 is 1.50 bits per heavy atom. The molecule has 0 bridgehead atoms. The van der Waals surface area contributed by atoms with Crippen LogP contribution in [0.15, 0.2) is 24.4 Å². The summed E-state index contributed by atoms with van der Waals surface area (Å²) in [6.45, 7) is 1.33. The molecule has 0 amide bonds. The topological polar surface area (TPSA) is 53.1 Å². The molecule has 74 valence electrons. The van der Waals surface area contributed by atoms with Gasteiger partial charge in [-0.1, -0.05) is 6.07 Å². The molecule has 0 aliphatic carbocycles. The Kier molecular flexibility index (Phi) is 2.37. The van der Waals surface area contributed by atoms with Gasteiger partial charge in [0.1, 0.15) is 5.75 Å². The van der Waals surface area contributed by atoms with Crippen molar-refractivity contribution in [3.8, 4) is 5.75 Å². The van der Waals surface area contributed by atoms with Crippen molar-refractivity contribution in [1.29, 1.82) is 0 Å². The second-order valence-corrected chi connectivity index (χ2v) is 3.07. The molecule has 1 aromatic carbocycles. The lowest BCUT2D eigenvalue weighted by atomic mass is 10.2. The first-order valence-electron chi connectivity index (χ1n) is 4.55. The SMILES string of the molecule is COc1cccc2nn(CCN)cc12. The largest absolute Gasteiger partial charge is 0.496 e. The zero-order valence-corrected chi connectivity index (χ0v) is 8.10. The highest BCUT2D eigenvalue weighted by Gasteiger charge is 2.04. The van der Waals surface area contributed by atoms with Crippen LogP contribution in [0.3, 0.4) is 0 Å². The van der Waals surface area contributed by atoms with E-state index in [1.54, 1.807) is 7.11 Å². The van der Waals surface area contributed by atoms with E-state index in [2.05, 4.69) is 5.10 Å². The van der Waals surface area contributed by atoms with Gasteiger partial charge in [0.05, 0.1) is 24.6 Å². The van der Waals surface area contributed by atoms with Crippen molar-refractivity contribution in [2.24, 2.45) is 5.73 Å². The standard InChI is InChI=1S/C10H13N3O/c1-14-10-4-2-3-9-8(10)7-13(12-9)6-5-11/h2-4,7H,5-6,11H2,1H3. The molecular weight excluding hydrogens is 178 g/mol. The molecule has 2 aromatic rings. The first-order valence-corrected chi connectivity index (χ1v) is 4.55. The molecule has 0 aliphatic rings. The average Bonchev–Trinajstić information content (AvgIpc) is 2.60. The molecule has 0 spiro atoms. The highest BCUT2D eigenvalue weighted by molar-refractivity contribution is 5.84. The van der Waals surface area contributed by atoms with Crippen molar-refractivity contribution in [3.05, 3.63) is 24.4 Å². The summed E-state index contributed by atoms with van der Waals surface area (Å²) >= 11 is 0. The fourth-order valence-electron chi connectivity index (χ4n) is 1.49. The van der Waals surface area contributed by atoms with Crippen molar-refractivity contribution in [2.45, 2.75) is 6.54 Å². The number of ether oxygens (including phenoxy) is 1. The predicted octanol–water partition coefficient (Wildman–Crippen LogP) is 1.00. The molecule has 0 saturated carbocycles. The summed E-state index contributed by atoms with van der Waals surface area (Å²) in [6.07, 6.45) is 1.96. The zero-order chi connectivity index (χ0) is 9.97. The number of fused-ring (bicyclic) bond motifs is 1. The highest BCUT2D eigenvalue weighted by Crippen LogP contribution is 2.23. The lowest BCUT2D eigenvalue weighted by molar-refractivity contribution is 0.420. The number of rotatable bonds is 3. The number of methoxy groups -OCH3 is 1. The van der Waals surface area contributed by atoms with Crippen molar-refractivity contribution >= 4 is 10.9 Å². The Labute approximate surface area is 82.3 Å². The summed E-state index contributed by atoms with van der Waals surface area (Å²) in [7, 11) is 1.66. The van der Waals surface area contributed by atoms with Crippen LogP contribution in [0.4, 0.5) is 0 Å². The Hall–Kier alpha value is -1.55. The van der Waals surface area contributed by atoms with Gasteiger partial charge in [-0.25, -0.2) is 0 Å². The monoisotopic (exact) mass is 191 g/mol. The molecule has 0 aliphatic heterocycles. The number of nitrogens with two attached hydrogens (primary N) is 1. The summed E-state index contributed by atoms with van der Waals surface area (Å²) in [4.78, 5) is 0. The Morgan fingerprint density at radius 2 is 2.36 bits per heavy atom. The van der Waals surface area contributed by atoms with E-state index in [0.29, 0.717) is 6.54 Å². The van der Waals surface area contributed by atoms with E-state index >= 15 is 0 Å². The number of nitrogens with zero attached hydrogens (tertiary/aromatic N) is 2. The van der Waals surface area contributed by atoms with E-state index in [4.69, 9.17) is 10.5 Å². The Balaban J connectivity index is 2.52. The van der Waals surface area contributed by atoms with Crippen LogP contribution in [-0.2, 0) is 6.54 Å². The molecule has 2 rings (SSSR count). The van der Waals surface area contributed by atoms with Gasteiger partial charge in [-0.05, 0) is 12.1 Å². The average molecular weight is 191 g/mol. The maximum atomic E-state index is 5.46. The zero-order valence-electron chi connectivity index (χ0n) is 8.10. The van der Waals surface area contributed by atoms with Crippen molar-refractivity contribution in [1.82, 2.24) is 9.78 Å². The van der Waals surface area contributed by atoms with E-state index in [1.807, 2.05) is 29.1 Å². The normalized spacial score (nSPS) is 10.7. The molecular formula is C10H13N3O. The van der Waals surface area contributed by atoms with Crippen LogP contribution in [0.25, 0.3) is 10.9 Å². The molecule has 0 radical (unpaired) electrons. The third-order valence-electron chi connectivity index (χ3n) is 2.14. The lowest BCUT2D eigenvalue weighted by Crippen LogP contribution is -2.09. The van der Waals surface area contributed by atoms with Crippen LogP contribution in [0.5, 0.6) is 5.75 Å². The van der Waals surface area contributed by atoms with Gasteiger partial charge < -0.3 is 10.5 Å². The van der Waals surface area contributed by atoms with E-state index in [-0.39, 0.29) is 0 Å². The molecule has 0 saturated heterocycles. The van der Waals surface area contributed by atoms with Crippen molar-refractivity contribution in [2.75, 3.05) is 13.7 Å². The molecule has 4 heteroatoms. The fourth-order valence-corrected chi connectivity index (χ4v) is 1.49. The molecule has 0 unspecified atom stereocenters. The van der Waals surface area contributed by atoms with Crippen LogP contribution < -0.4 is 10.5 Å². The minimum Gasteiger partial charge on any atom is -0.496 e. The number of benzene rings is 1. The summed E-state index contributed by atoms with van der Waals surface area (Å²) in [5, 5.41) is 5.40. The van der Waals surface area contributed by atoms with Crippen LogP contribution in [-0.4, -0.2) is 23.4 Å². The third kappa shape index (κ3) is 1.44. The molecule has 4 nitrogen and oxygen atoms in total. The Bertz CT molecular complexity index is 436. The van der Waals surface area contributed by atoms with Crippen LogP contribution in [0.2, 0.25) is 0 Å². The second-order valence-electron chi connectivity index (χ2n) is 3.07. The summed E-state index contributed by atoms with van der Waals surface area (Å²) in [5.41, 5.74) is 6.40. The Morgan fingerprint density at radius 3 is 3.07 bits per heavy atom. The van der Waals surface area contributed by atoms with E-state index in [1.165, 1.54) is 0 Å². The van der Waals surface area contributed by atoms with E-state index in [9.17, 15) is 0 Å². The second kappa shape index (κ2) is 3.67. The summed E-state index contributed by atoms with van der Waals surface area (Å²) < 4.78 is 7.07. The number of hydrogen-bond acceptors (Lipinski definition) is 3. The van der Waals surface area contributed by atoms with Gasteiger partial charge in [-0.3, -0.25) is 4.68 Å². The maximum Gasteiger partial charge on any atom is 0.129 e. The third-order valence-corrected chi connectivity index (χ3v) is 2.14. The molecule has 2 N–H and O–H groups in total. The molecule has 1 heterocycles. The number of aromatic nitrogens is 2. The first-order chi connectivity index (χ1) is 6.85. The summed E-state index contributed by atoms with van der Waals surface area (Å²) in [5.74, 6) is 0.853. The highest BCUT2D eigenvalue weighted by atomic mass is 16.5. The van der Waals surface area contributed by atoms with Gasteiger partial charge in [0.2, 0.25) is 0 Å². The van der Waals surface area contributed by atoms with Gasteiger partial charge in [0, 0.05) is 12.7 Å². The number of hydrogen-bond donors (Lipinski definition) is 1. The van der Waals surface area contributed by atoms with Crippen molar-refractivity contribution in [3.63, 3.8) is 0 Å². The van der Waals surface area contributed by atoms with Gasteiger partial charge in [-0.2, -0.15) is 5.10 Å². The van der Waals surface area contributed by atoms with Crippen LogP contribution >= 0.6 is 0 Å². The van der Waals surface area contributed by atoms with Crippen molar-refractivity contribution < 1.29 is 4.74 Å². The van der Waals surface area contributed by atoms with E-state index in [0.717, 1.165) is 23.2 Å². The van der Waals surface area contributed by atoms with Crippen LogP contribution in [0, 0.1) is 0 Å². The summed E-state index contributed by atoms with van der Waals surface area (Å²) in [6, 6.07) is 5.82. The smallest absolute Gasteiger partial charge is 0.129 e. The van der Waals surface area contributed by atoms with Gasteiger partial charge in [-0.15, -0.1) is 0 Å². The van der Waals surface area contributed by atoms with Gasteiger partial charge >= 0.3 is 0 Å². The predicted molar refractivity (Wildman–Crippen MR) is 55.3 cm³/mol. The van der Waals surface area contributed by atoms with Crippen LogP contribution in [0.1, 0.15) is 0 Å². The molecule has 0 atom stereocenters. The van der Waals surface area contributed by atoms with Gasteiger partial charge in [0.25, 0.3) is 0 Å².